The molecule has 2 aromatic carbocycles. The summed E-state index contributed by atoms with van der Waals surface area (Å²) in [6, 6.07) is 7.23. The van der Waals surface area contributed by atoms with Crippen LogP contribution in [0, 0.1) is 0 Å². The highest BCUT2D eigenvalue weighted by Crippen LogP contribution is 2.34. The minimum absolute atomic E-state index is 0.0530. The van der Waals surface area contributed by atoms with Crippen LogP contribution >= 0.6 is 0 Å². The van der Waals surface area contributed by atoms with E-state index in [0.29, 0.717) is 22.3 Å². The van der Waals surface area contributed by atoms with Gasteiger partial charge in [-0.15, -0.1) is 0 Å². The van der Waals surface area contributed by atoms with Gasteiger partial charge in [-0.3, -0.25) is 15.0 Å². The molecule has 34 heavy (non-hydrogen) atoms. The summed E-state index contributed by atoms with van der Waals surface area (Å²) in [5.74, 6) is -0.746. The molecular weight excluding hydrogens is 432 g/mol. The lowest BCUT2D eigenvalue weighted by Crippen LogP contribution is -2.42. The van der Waals surface area contributed by atoms with Crippen molar-refractivity contribution in [2.75, 3.05) is 25.5 Å². The van der Waals surface area contributed by atoms with Gasteiger partial charge in [0.15, 0.2) is 0 Å². The number of nitrogens with one attached hydrogen (secondary N) is 1. The Morgan fingerprint density at radius 1 is 1.12 bits per heavy atom. The summed E-state index contributed by atoms with van der Waals surface area (Å²) in [6.07, 6.45) is 1.95. The van der Waals surface area contributed by atoms with Crippen molar-refractivity contribution in [1.82, 2.24) is 25.1 Å². The fourth-order valence-electron chi connectivity index (χ4n) is 3.32. The zero-order chi connectivity index (χ0) is 32.0. The first-order valence-electron chi connectivity index (χ1n) is 14.8. The Morgan fingerprint density at radius 2 is 1.88 bits per heavy atom. The minimum Gasteiger partial charge on any atom is -0.497 e. The van der Waals surface area contributed by atoms with Crippen molar-refractivity contribution in [2.45, 2.75) is 26.1 Å². The Hall–Kier alpha value is -3.69. The molecule has 0 aliphatic rings. The van der Waals surface area contributed by atoms with Crippen LogP contribution in [0.5, 0.6) is 11.5 Å². The largest absolute Gasteiger partial charge is 0.497 e. The molecule has 2 aromatic heterocycles. The van der Waals surface area contributed by atoms with E-state index in [2.05, 4.69) is 20.4 Å². The van der Waals surface area contributed by atoms with Crippen LogP contribution in [0.25, 0.3) is 22.3 Å². The third-order valence-corrected chi connectivity index (χ3v) is 4.79. The Balaban J connectivity index is 1.96. The summed E-state index contributed by atoms with van der Waals surface area (Å²) in [5, 5.41) is 17.7. The van der Waals surface area contributed by atoms with Crippen LogP contribution in [0.15, 0.2) is 55.0 Å². The molecule has 0 spiro atoms. The molecule has 0 aliphatic heterocycles. The first-order valence-corrected chi connectivity index (χ1v) is 10.3. The normalized spacial score (nSPS) is 18.2. The number of nitrogens with zero attached hydrogens (tertiary/aromatic N) is 5. The number of rotatable bonds is 9. The van der Waals surface area contributed by atoms with Crippen LogP contribution < -0.4 is 19.7 Å². The molecule has 4 aromatic rings. The standard InChI is InChI=1S/C25H30N6O3/c1-16(2)28-25(32)15-31(19-8-20(33-4)11-21(9-19)34-5)18-6-7-22-23(10-18)29-24(13-26-22)17-12-27-30(3)14-17/h6-14,16,25,28,32H,15H2,1-5H3/i4D3,5D3,15D2,25D. The first-order chi connectivity index (χ1) is 19.7. The van der Waals surface area contributed by atoms with Gasteiger partial charge in [0.25, 0.3) is 0 Å². The quantitative estimate of drug-likeness (QED) is 0.358. The number of ether oxygens (including phenoxy) is 2. The van der Waals surface area contributed by atoms with Crippen LogP contribution in [0.2, 0.25) is 0 Å². The average Bonchev–Trinajstić information content (AvgIpc) is 3.26. The van der Waals surface area contributed by atoms with Crippen LogP contribution in [0.1, 0.15) is 26.2 Å². The van der Waals surface area contributed by atoms with Gasteiger partial charge in [0.05, 0.1) is 62.0 Å². The van der Waals surface area contributed by atoms with Gasteiger partial charge in [0, 0.05) is 54.4 Å². The molecule has 2 heterocycles. The summed E-state index contributed by atoms with van der Waals surface area (Å²) >= 11 is 0. The lowest BCUT2D eigenvalue weighted by Gasteiger charge is -2.29. The molecule has 0 bridgehead atoms. The number of fused-ring (bicyclic) bond motifs is 1. The number of hydrogen-bond donors (Lipinski definition) is 2. The third kappa shape index (κ3) is 5.27. The fourth-order valence-corrected chi connectivity index (χ4v) is 3.32. The van der Waals surface area contributed by atoms with Crippen LogP contribution in [-0.2, 0) is 7.05 Å². The predicted molar refractivity (Wildman–Crippen MR) is 133 cm³/mol. The molecule has 0 saturated heterocycles. The SMILES string of the molecule is [2H]C([2H])([2H])Oc1cc(OC([2H])([2H])[2H])cc(N(c2ccc3ncc(-c4cnn(C)c4)nc3c2)C([2H])([2H])C([2H])(O)NC(C)C)c1. The molecule has 4 rings (SSSR count). The summed E-state index contributed by atoms with van der Waals surface area (Å²) in [5.41, 5.74) is 1.78. The number of hydrogen-bond acceptors (Lipinski definition) is 8. The predicted octanol–water partition coefficient (Wildman–Crippen LogP) is 3.50. The van der Waals surface area contributed by atoms with Crippen LogP contribution in [0.3, 0.4) is 0 Å². The van der Waals surface area contributed by atoms with E-state index in [1.165, 1.54) is 12.1 Å². The molecule has 9 nitrogen and oxygen atoms in total. The molecule has 0 saturated carbocycles. The van der Waals surface area contributed by atoms with E-state index in [-0.39, 0.29) is 22.9 Å². The lowest BCUT2D eigenvalue weighted by molar-refractivity contribution is 0.135. The summed E-state index contributed by atoms with van der Waals surface area (Å²) in [6.45, 7) is 0.229. The number of aryl methyl sites for hydroxylation is 1. The van der Waals surface area contributed by atoms with E-state index in [1.54, 1.807) is 50.2 Å². The number of aromatic nitrogens is 4. The number of methoxy groups -OCH3 is 2. The van der Waals surface area contributed by atoms with Crippen molar-refractivity contribution in [3.05, 3.63) is 55.0 Å². The smallest absolute Gasteiger partial charge is 0.124 e. The molecule has 0 radical (unpaired) electrons. The maximum atomic E-state index is 11.1. The summed E-state index contributed by atoms with van der Waals surface area (Å²) in [7, 11) is -4.15. The average molecular weight is 472 g/mol. The van der Waals surface area contributed by atoms with Crippen molar-refractivity contribution < 1.29 is 26.9 Å². The van der Waals surface area contributed by atoms with Gasteiger partial charge in [-0.05, 0) is 32.0 Å². The van der Waals surface area contributed by atoms with Gasteiger partial charge in [0.2, 0.25) is 0 Å². The summed E-state index contributed by atoms with van der Waals surface area (Å²) < 4.78 is 83.2. The van der Waals surface area contributed by atoms with Gasteiger partial charge < -0.3 is 19.5 Å². The highest BCUT2D eigenvalue weighted by molar-refractivity contribution is 5.82. The monoisotopic (exact) mass is 471 g/mol. The van der Waals surface area contributed by atoms with E-state index in [0.717, 1.165) is 23.1 Å². The van der Waals surface area contributed by atoms with Gasteiger partial charge in [-0.25, -0.2) is 4.98 Å². The van der Waals surface area contributed by atoms with Gasteiger partial charge in [-0.1, -0.05) is 0 Å². The summed E-state index contributed by atoms with van der Waals surface area (Å²) in [4.78, 5) is 9.95. The Kier molecular flexibility index (Phi) is 4.31. The van der Waals surface area contributed by atoms with Crippen molar-refractivity contribution in [2.24, 2.45) is 7.05 Å². The molecule has 0 fully saturated rings. The van der Waals surface area contributed by atoms with Crippen molar-refractivity contribution in [1.29, 1.82) is 0 Å². The molecule has 0 aliphatic carbocycles. The van der Waals surface area contributed by atoms with Crippen LogP contribution in [0.4, 0.5) is 11.4 Å². The molecule has 0 amide bonds. The molecule has 178 valence electrons. The number of benzene rings is 2. The van der Waals surface area contributed by atoms with E-state index in [4.69, 9.17) is 21.8 Å². The van der Waals surface area contributed by atoms with Crippen molar-refractivity contribution >= 4 is 22.4 Å². The number of anilines is 2. The second-order valence-corrected chi connectivity index (χ2v) is 7.79. The van der Waals surface area contributed by atoms with E-state index >= 15 is 0 Å². The van der Waals surface area contributed by atoms with Crippen LogP contribution in [-0.4, -0.2) is 57.7 Å². The second kappa shape index (κ2) is 10.1. The topological polar surface area (TPSA) is 97.6 Å². The fraction of sp³-hybridized carbons (Fsp3) is 0.320. The Morgan fingerprint density at radius 3 is 2.53 bits per heavy atom. The molecule has 1 atom stereocenters. The van der Waals surface area contributed by atoms with Gasteiger partial charge >= 0.3 is 0 Å². The maximum Gasteiger partial charge on any atom is 0.124 e. The lowest BCUT2D eigenvalue weighted by atomic mass is 10.2. The Bertz CT molecular complexity index is 1570. The van der Waals surface area contributed by atoms with Crippen molar-refractivity contribution in [3.8, 4) is 22.8 Å². The van der Waals surface area contributed by atoms with E-state index in [9.17, 15) is 5.11 Å². The van der Waals surface area contributed by atoms with Gasteiger partial charge in [0.1, 0.15) is 17.7 Å². The third-order valence-electron chi connectivity index (χ3n) is 4.79. The highest BCUT2D eigenvalue weighted by Gasteiger charge is 2.18. The maximum absolute atomic E-state index is 11.1. The minimum atomic E-state index is -2.99. The molecular formula is C25H30N6O3. The highest BCUT2D eigenvalue weighted by atomic mass is 16.5. The zero-order valence-electron chi connectivity index (χ0n) is 27.8. The van der Waals surface area contributed by atoms with Crippen molar-refractivity contribution in [3.63, 3.8) is 0 Å². The number of aliphatic hydroxyl groups is 1. The second-order valence-electron chi connectivity index (χ2n) is 7.79. The Labute approximate surface area is 211 Å². The first kappa shape index (κ1) is 14.5. The van der Waals surface area contributed by atoms with Gasteiger partial charge in [-0.2, -0.15) is 5.10 Å². The molecule has 1 unspecified atom stereocenters. The molecule has 2 N–H and O–H groups in total. The van der Waals surface area contributed by atoms with E-state index < -0.39 is 32.8 Å². The van der Waals surface area contributed by atoms with E-state index in [1.807, 2.05) is 0 Å². The molecule has 9 heteroatoms. The zero-order valence-corrected chi connectivity index (χ0v) is 18.8.